The third-order valence-corrected chi connectivity index (χ3v) is 6.35. The zero-order chi connectivity index (χ0) is 27.5. The fourth-order valence-electron chi connectivity index (χ4n) is 4.45. The number of hydrogen-bond donors (Lipinski definition) is 2. The number of rotatable bonds is 6. The van der Waals surface area contributed by atoms with Gasteiger partial charge in [-0.15, -0.1) is 0 Å². The number of hydrogen-bond acceptors (Lipinski definition) is 3. The first-order valence-corrected chi connectivity index (χ1v) is 13.0. The van der Waals surface area contributed by atoms with Gasteiger partial charge < -0.3 is 16.2 Å². The molecule has 0 amide bonds. The highest BCUT2D eigenvalue weighted by Crippen LogP contribution is 2.38. The normalized spacial score (nSPS) is 10.1. The van der Waals surface area contributed by atoms with Gasteiger partial charge in [-0.25, -0.2) is 4.39 Å². The van der Waals surface area contributed by atoms with Crippen LogP contribution in [0.2, 0.25) is 0 Å². The summed E-state index contributed by atoms with van der Waals surface area (Å²) in [5.41, 5.74) is 21.6. The number of benzene rings is 4. The van der Waals surface area contributed by atoms with E-state index in [2.05, 4.69) is 62.4 Å². The first-order valence-electron chi connectivity index (χ1n) is 13.0. The topological polar surface area (TPSA) is 61.3 Å². The lowest BCUT2D eigenvalue weighted by atomic mass is 9.88. The van der Waals surface area contributed by atoms with Crippen LogP contribution in [0.15, 0.2) is 72.8 Å². The summed E-state index contributed by atoms with van der Waals surface area (Å²) in [7, 11) is 1.54. The molecule has 0 aliphatic heterocycles. The Hall–Kier alpha value is -3.47. The predicted octanol–water partition coefficient (Wildman–Crippen LogP) is 8.42. The van der Waals surface area contributed by atoms with Crippen molar-refractivity contribution >= 4 is 0 Å². The Kier molecular flexibility index (Phi) is 11.5. The molecule has 4 N–H and O–H groups in total. The zero-order valence-electron chi connectivity index (χ0n) is 23.3. The Morgan fingerprint density at radius 1 is 0.649 bits per heavy atom. The molecular weight excluding hydrogens is 459 g/mol. The number of nitrogens with two attached hydrogens (primary N) is 2. The molecule has 4 rings (SSSR count). The maximum absolute atomic E-state index is 14.7. The van der Waals surface area contributed by atoms with E-state index < -0.39 is 0 Å². The van der Waals surface area contributed by atoms with Crippen LogP contribution in [0, 0.1) is 19.7 Å². The summed E-state index contributed by atoms with van der Waals surface area (Å²) in [6.07, 6.45) is 0. The predicted molar refractivity (Wildman–Crippen MR) is 157 cm³/mol. The van der Waals surface area contributed by atoms with Gasteiger partial charge in [-0.3, -0.25) is 0 Å². The van der Waals surface area contributed by atoms with Crippen LogP contribution in [-0.4, -0.2) is 7.11 Å². The molecule has 0 radical (unpaired) electrons. The van der Waals surface area contributed by atoms with Crippen molar-refractivity contribution in [3.05, 3.63) is 101 Å². The minimum absolute atomic E-state index is 0.0898. The summed E-state index contributed by atoms with van der Waals surface area (Å²) >= 11 is 0. The molecule has 0 aliphatic rings. The van der Waals surface area contributed by atoms with Crippen LogP contribution in [0.25, 0.3) is 33.4 Å². The smallest absolute Gasteiger partial charge is 0.132 e. The average molecular weight is 501 g/mol. The highest BCUT2D eigenvalue weighted by Gasteiger charge is 2.16. The van der Waals surface area contributed by atoms with E-state index in [-0.39, 0.29) is 12.4 Å². The molecular formula is C33H41FN2O. The summed E-state index contributed by atoms with van der Waals surface area (Å²) in [6, 6.07) is 24.3. The molecule has 0 heterocycles. The second-order valence-corrected chi connectivity index (χ2v) is 8.20. The molecule has 37 heavy (non-hydrogen) atoms. The van der Waals surface area contributed by atoms with Crippen molar-refractivity contribution in [1.29, 1.82) is 0 Å². The lowest BCUT2D eigenvalue weighted by Gasteiger charge is -2.17. The second-order valence-electron chi connectivity index (χ2n) is 8.20. The quantitative estimate of drug-likeness (QED) is 0.279. The lowest BCUT2D eigenvalue weighted by molar-refractivity contribution is 0.405. The van der Waals surface area contributed by atoms with Gasteiger partial charge in [-0.2, -0.15) is 0 Å². The van der Waals surface area contributed by atoms with E-state index in [9.17, 15) is 4.39 Å². The van der Waals surface area contributed by atoms with Crippen LogP contribution in [-0.2, 0) is 13.1 Å². The molecule has 0 aliphatic carbocycles. The molecule has 0 aromatic heterocycles. The van der Waals surface area contributed by atoms with Gasteiger partial charge in [0, 0.05) is 18.7 Å². The third kappa shape index (κ3) is 6.46. The molecule has 3 nitrogen and oxygen atoms in total. The highest BCUT2D eigenvalue weighted by molar-refractivity contribution is 5.84. The average Bonchev–Trinajstić information content (AvgIpc) is 2.95. The van der Waals surface area contributed by atoms with E-state index in [1.807, 2.05) is 45.9 Å². The van der Waals surface area contributed by atoms with Gasteiger partial charge in [0.05, 0.1) is 7.11 Å². The Labute approximate surface area is 222 Å². The van der Waals surface area contributed by atoms with Crippen molar-refractivity contribution < 1.29 is 9.13 Å². The first kappa shape index (κ1) is 29.8. The van der Waals surface area contributed by atoms with Gasteiger partial charge in [0.2, 0.25) is 0 Å². The summed E-state index contributed by atoms with van der Waals surface area (Å²) in [5.74, 6) is 0.118. The summed E-state index contributed by atoms with van der Waals surface area (Å²) in [6.45, 7) is 12.8. The molecule has 0 atom stereocenters. The van der Waals surface area contributed by atoms with Gasteiger partial charge in [0.15, 0.2) is 0 Å². The maximum atomic E-state index is 14.7. The van der Waals surface area contributed by atoms with Gasteiger partial charge in [0.25, 0.3) is 0 Å². The summed E-state index contributed by atoms with van der Waals surface area (Å²) in [5, 5.41) is 0. The van der Waals surface area contributed by atoms with Gasteiger partial charge in [0.1, 0.15) is 11.6 Å². The van der Waals surface area contributed by atoms with Crippen LogP contribution in [0.5, 0.6) is 5.75 Å². The molecule has 0 saturated carbocycles. The minimum Gasteiger partial charge on any atom is -0.496 e. The van der Waals surface area contributed by atoms with Crippen LogP contribution in [0.1, 0.15) is 49.9 Å². The van der Waals surface area contributed by atoms with Gasteiger partial charge in [-0.1, -0.05) is 88.4 Å². The Morgan fingerprint density at radius 2 is 1.14 bits per heavy atom. The van der Waals surface area contributed by atoms with E-state index >= 15 is 0 Å². The van der Waals surface area contributed by atoms with Crippen molar-refractivity contribution in [2.24, 2.45) is 11.5 Å². The van der Waals surface area contributed by atoms with Crippen molar-refractivity contribution in [2.45, 2.75) is 54.6 Å². The number of halogens is 1. The highest BCUT2D eigenvalue weighted by atomic mass is 19.1. The molecule has 0 fully saturated rings. The first-order chi connectivity index (χ1) is 18.0. The fraction of sp³-hybridized carbons (Fsp3) is 0.273. The molecule has 4 heteroatoms. The van der Waals surface area contributed by atoms with Crippen LogP contribution in [0.3, 0.4) is 0 Å². The lowest BCUT2D eigenvalue weighted by Crippen LogP contribution is -2.04. The zero-order valence-corrected chi connectivity index (χ0v) is 23.3. The van der Waals surface area contributed by atoms with Crippen molar-refractivity contribution in [3.8, 4) is 39.1 Å². The Morgan fingerprint density at radius 3 is 1.59 bits per heavy atom. The molecule has 0 saturated heterocycles. The molecule has 4 aromatic rings. The molecule has 0 bridgehead atoms. The maximum Gasteiger partial charge on any atom is 0.132 e. The monoisotopic (exact) mass is 500 g/mol. The summed E-state index contributed by atoms with van der Waals surface area (Å²) in [4.78, 5) is 0. The standard InChI is InChI=1S/C29H29FN2O.2C2H6/c1-18-23(21-12-10-20(16-31)11-13-21)6-4-8-25(18)26-9-5-7-24(19(26)2)22-14-28(30)27(17-32)29(15-22)33-3;2*1-2/h4-15H,16-17,31-32H2,1-3H3;2*1-2H3. The minimum atomic E-state index is -0.351. The largest absolute Gasteiger partial charge is 0.496 e. The molecule has 196 valence electrons. The summed E-state index contributed by atoms with van der Waals surface area (Å²) < 4.78 is 20.1. The SMILES string of the molecule is CC.CC.COc1cc(-c2cccc(-c3cccc(-c4ccc(CN)cc4)c3C)c2C)cc(F)c1CN. The second kappa shape index (κ2) is 14.3. The van der Waals surface area contributed by atoms with E-state index in [0.29, 0.717) is 17.9 Å². The van der Waals surface area contributed by atoms with E-state index in [1.165, 1.54) is 18.2 Å². The van der Waals surface area contributed by atoms with E-state index in [0.717, 1.165) is 38.9 Å². The van der Waals surface area contributed by atoms with Gasteiger partial charge >= 0.3 is 0 Å². The number of methoxy groups -OCH3 is 1. The van der Waals surface area contributed by atoms with Crippen LogP contribution in [0.4, 0.5) is 4.39 Å². The Bertz CT molecular complexity index is 1300. The van der Waals surface area contributed by atoms with Crippen LogP contribution >= 0.6 is 0 Å². The van der Waals surface area contributed by atoms with Crippen molar-refractivity contribution in [1.82, 2.24) is 0 Å². The Balaban J connectivity index is 0.00000115. The number of ether oxygens (including phenoxy) is 1. The van der Waals surface area contributed by atoms with E-state index in [4.69, 9.17) is 16.2 Å². The van der Waals surface area contributed by atoms with E-state index in [1.54, 1.807) is 6.07 Å². The molecule has 4 aromatic carbocycles. The van der Waals surface area contributed by atoms with Crippen molar-refractivity contribution in [2.75, 3.05) is 7.11 Å². The van der Waals surface area contributed by atoms with Crippen LogP contribution < -0.4 is 16.2 Å². The van der Waals surface area contributed by atoms with Gasteiger partial charge in [-0.05, 0) is 76.1 Å². The third-order valence-electron chi connectivity index (χ3n) is 6.35. The molecule has 0 spiro atoms. The fourth-order valence-corrected chi connectivity index (χ4v) is 4.45. The molecule has 0 unspecified atom stereocenters. The van der Waals surface area contributed by atoms with Crippen molar-refractivity contribution in [3.63, 3.8) is 0 Å².